The fourth-order valence-electron chi connectivity index (χ4n) is 1.62. The van der Waals surface area contributed by atoms with Gasteiger partial charge in [0.2, 0.25) is 0 Å². The molecule has 1 heterocycles. The Morgan fingerprint density at radius 3 is 2.83 bits per heavy atom. The second-order valence-electron chi connectivity index (χ2n) is 3.28. The zero-order chi connectivity index (χ0) is 8.39. The summed E-state index contributed by atoms with van der Waals surface area (Å²) in [5.41, 5.74) is 1.14. The molecule has 1 N–H and O–H groups in total. The van der Waals surface area contributed by atoms with Crippen molar-refractivity contribution >= 4 is 0 Å². The molecule has 1 fully saturated rings. The van der Waals surface area contributed by atoms with E-state index in [0.29, 0.717) is 12.0 Å². The molecule has 0 spiro atoms. The van der Waals surface area contributed by atoms with Crippen LogP contribution < -0.4 is 5.32 Å². The third-order valence-electron chi connectivity index (χ3n) is 2.55. The Labute approximate surface area is 72.2 Å². The summed E-state index contributed by atoms with van der Waals surface area (Å²) >= 11 is 0. The highest BCUT2D eigenvalue weighted by molar-refractivity contribution is 5.10. The monoisotopic (exact) mass is 163 g/mol. The van der Waals surface area contributed by atoms with Crippen LogP contribution in [0.15, 0.2) is 18.6 Å². The average Bonchev–Trinajstić information content (AvgIpc) is 2.04. The van der Waals surface area contributed by atoms with Crippen LogP contribution in [-0.4, -0.2) is 23.1 Å². The molecule has 0 bridgehead atoms. The molecule has 0 saturated heterocycles. The molecule has 3 heteroatoms. The molecule has 0 atom stereocenters. The maximum Gasteiger partial charge on any atom is 0.0618 e. The van der Waals surface area contributed by atoms with Gasteiger partial charge in [0.1, 0.15) is 0 Å². The van der Waals surface area contributed by atoms with E-state index in [1.165, 1.54) is 12.8 Å². The van der Waals surface area contributed by atoms with Crippen molar-refractivity contribution in [3.05, 3.63) is 24.3 Å². The van der Waals surface area contributed by atoms with Gasteiger partial charge in [-0.2, -0.15) is 0 Å². The Morgan fingerprint density at radius 2 is 2.25 bits per heavy atom. The number of nitrogens with zero attached hydrogens (tertiary/aromatic N) is 2. The van der Waals surface area contributed by atoms with Gasteiger partial charge in [0.15, 0.2) is 0 Å². The van der Waals surface area contributed by atoms with E-state index < -0.39 is 0 Å². The second kappa shape index (κ2) is 3.19. The van der Waals surface area contributed by atoms with Crippen molar-refractivity contribution in [3.63, 3.8) is 0 Å². The van der Waals surface area contributed by atoms with Crippen molar-refractivity contribution in [1.29, 1.82) is 0 Å². The van der Waals surface area contributed by atoms with Gasteiger partial charge in [0, 0.05) is 30.6 Å². The highest BCUT2D eigenvalue weighted by Gasteiger charge is 2.29. The minimum Gasteiger partial charge on any atom is -0.317 e. The van der Waals surface area contributed by atoms with E-state index in [0.717, 1.165) is 5.69 Å². The van der Waals surface area contributed by atoms with Gasteiger partial charge in [-0.3, -0.25) is 9.97 Å². The Balaban J connectivity index is 1.97. The molecule has 2 rings (SSSR count). The lowest BCUT2D eigenvalue weighted by atomic mass is 9.78. The van der Waals surface area contributed by atoms with E-state index in [4.69, 9.17) is 0 Å². The van der Waals surface area contributed by atoms with Crippen molar-refractivity contribution < 1.29 is 0 Å². The van der Waals surface area contributed by atoms with Gasteiger partial charge in [0.05, 0.1) is 5.69 Å². The molecule has 1 saturated carbocycles. The lowest BCUT2D eigenvalue weighted by Gasteiger charge is -2.34. The van der Waals surface area contributed by atoms with Crippen LogP contribution in [0, 0.1) is 0 Å². The third kappa shape index (κ3) is 1.32. The molecule has 0 radical (unpaired) electrons. The average molecular weight is 163 g/mol. The Morgan fingerprint density at radius 1 is 1.42 bits per heavy atom. The Hall–Kier alpha value is -0.960. The second-order valence-corrected chi connectivity index (χ2v) is 3.28. The van der Waals surface area contributed by atoms with Crippen LogP contribution in [0.2, 0.25) is 0 Å². The van der Waals surface area contributed by atoms with Gasteiger partial charge in [-0.05, 0) is 19.9 Å². The Bertz CT molecular complexity index is 241. The SMILES string of the molecule is CNC1CC(c2cnccn2)C1. The van der Waals surface area contributed by atoms with Crippen molar-refractivity contribution in [1.82, 2.24) is 15.3 Å². The first-order chi connectivity index (χ1) is 5.90. The van der Waals surface area contributed by atoms with Crippen molar-refractivity contribution in [2.45, 2.75) is 24.8 Å². The highest BCUT2D eigenvalue weighted by Crippen LogP contribution is 2.34. The first kappa shape index (κ1) is 7.68. The number of hydrogen-bond acceptors (Lipinski definition) is 3. The molecular formula is C9H13N3. The van der Waals surface area contributed by atoms with Gasteiger partial charge in [-0.15, -0.1) is 0 Å². The molecule has 1 aromatic rings. The molecule has 3 nitrogen and oxygen atoms in total. The quantitative estimate of drug-likeness (QED) is 0.705. The van der Waals surface area contributed by atoms with E-state index in [9.17, 15) is 0 Å². The smallest absolute Gasteiger partial charge is 0.0618 e. The summed E-state index contributed by atoms with van der Waals surface area (Å²) in [6.45, 7) is 0. The highest BCUT2D eigenvalue weighted by atomic mass is 14.9. The maximum atomic E-state index is 4.28. The van der Waals surface area contributed by atoms with E-state index in [2.05, 4.69) is 15.3 Å². The van der Waals surface area contributed by atoms with Gasteiger partial charge in [-0.1, -0.05) is 0 Å². The van der Waals surface area contributed by atoms with Crippen LogP contribution in [0.25, 0.3) is 0 Å². The molecule has 0 aliphatic heterocycles. The molecule has 0 unspecified atom stereocenters. The van der Waals surface area contributed by atoms with Crippen LogP contribution in [0.4, 0.5) is 0 Å². The minimum absolute atomic E-state index is 0.635. The number of nitrogens with one attached hydrogen (secondary N) is 1. The van der Waals surface area contributed by atoms with Gasteiger partial charge < -0.3 is 5.32 Å². The van der Waals surface area contributed by atoms with E-state index >= 15 is 0 Å². The lowest BCUT2D eigenvalue weighted by molar-refractivity contribution is 0.302. The topological polar surface area (TPSA) is 37.8 Å². The normalized spacial score (nSPS) is 28.1. The first-order valence-electron chi connectivity index (χ1n) is 4.33. The zero-order valence-electron chi connectivity index (χ0n) is 7.20. The van der Waals surface area contributed by atoms with E-state index in [1.807, 2.05) is 13.2 Å². The number of aromatic nitrogens is 2. The lowest BCUT2D eigenvalue weighted by Crippen LogP contribution is -2.37. The van der Waals surface area contributed by atoms with Crippen LogP contribution in [0.3, 0.4) is 0 Å². The van der Waals surface area contributed by atoms with Gasteiger partial charge >= 0.3 is 0 Å². The molecular weight excluding hydrogens is 150 g/mol. The van der Waals surface area contributed by atoms with Crippen LogP contribution >= 0.6 is 0 Å². The third-order valence-corrected chi connectivity index (χ3v) is 2.55. The molecule has 0 amide bonds. The van der Waals surface area contributed by atoms with Crippen molar-refractivity contribution in [2.75, 3.05) is 7.05 Å². The Kier molecular flexibility index (Phi) is 2.04. The standard InChI is InChI=1S/C9H13N3/c1-10-8-4-7(5-8)9-6-11-2-3-12-9/h2-3,6-8,10H,4-5H2,1H3. The van der Waals surface area contributed by atoms with E-state index in [1.54, 1.807) is 12.4 Å². The summed E-state index contributed by atoms with van der Waals surface area (Å²) in [7, 11) is 2.01. The molecule has 1 aliphatic rings. The predicted octanol–water partition coefficient (Wildman–Crippen LogP) is 0.942. The summed E-state index contributed by atoms with van der Waals surface area (Å²) < 4.78 is 0. The van der Waals surface area contributed by atoms with Crippen LogP contribution in [-0.2, 0) is 0 Å². The van der Waals surface area contributed by atoms with Crippen LogP contribution in [0.5, 0.6) is 0 Å². The molecule has 12 heavy (non-hydrogen) atoms. The van der Waals surface area contributed by atoms with Crippen molar-refractivity contribution in [2.24, 2.45) is 0 Å². The molecule has 1 aliphatic carbocycles. The van der Waals surface area contributed by atoms with Crippen molar-refractivity contribution in [3.8, 4) is 0 Å². The molecule has 64 valence electrons. The number of rotatable bonds is 2. The number of hydrogen-bond donors (Lipinski definition) is 1. The summed E-state index contributed by atoms with van der Waals surface area (Å²) in [6, 6.07) is 0.692. The summed E-state index contributed by atoms with van der Waals surface area (Å²) in [5.74, 6) is 0.635. The fourth-order valence-corrected chi connectivity index (χ4v) is 1.62. The predicted molar refractivity (Wildman–Crippen MR) is 46.9 cm³/mol. The van der Waals surface area contributed by atoms with Crippen LogP contribution in [0.1, 0.15) is 24.5 Å². The zero-order valence-corrected chi connectivity index (χ0v) is 7.20. The maximum absolute atomic E-state index is 4.28. The molecule has 0 aromatic carbocycles. The van der Waals surface area contributed by atoms with E-state index in [-0.39, 0.29) is 0 Å². The summed E-state index contributed by atoms with van der Waals surface area (Å²) in [5, 5.41) is 3.25. The first-order valence-corrected chi connectivity index (χ1v) is 4.33. The summed E-state index contributed by atoms with van der Waals surface area (Å²) in [6.07, 6.45) is 7.76. The minimum atomic E-state index is 0.635. The molecule has 1 aromatic heterocycles. The largest absolute Gasteiger partial charge is 0.317 e. The van der Waals surface area contributed by atoms with Gasteiger partial charge in [-0.25, -0.2) is 0 Å². The summed E-state index contributed by atoms with van der Waals surface area (Å²) in [4.78, 5) is 8.33. The van der Waals surface area contributed by atoms with Gasteiger partial charge in [0.25, 0.3) is 0 Å². The fraction of sp³-hybridized carbons (Fsp3) is 0.556.